The number of carbonyl (C=O) groups excluding carboxylic acids is 1. The molecule has 1 amide bonds. The van der Waals surface area contributed by atoms with Crippen molar-refractivity contribution in [3.63, 3.8) is 0 Å². The second-order valence-corrected chi connectivity index (χ2v) is 4.20. The molecule has 0 saturated carbocycles. The molecule has 1 aliphatic heterocycles. The lowest BCUT2D eigenvalue weighted by Crippen LogP contribution is -2.25. The zero-order valence-electron chi connectivity index (χ0n) is 8.24. The van der Waals surface area contributed by atoms with Gasteiger partial charge in [-0.1, -0.05) is 0 Å². The van der Waals surface area contributed by atoms with Gasteiger partial charge in [-0.05, 0) is 22.0 Å². The van der Waals surface area contributed by atoms with Gasteiger partial charge in [0.2, 0.25) is 5.91 Å². The third-order valence-corrected chi connectivity index (χ3v) is 2.68. The summed E-state index contributed by atoms with van der Waals surface area (Å²) in [6.07, 6.45) is 1.63. The molecule has 1 unspecified atom stereocenters. The number of hydrogen-bond acceptors (Lipinski definition) is 5. The summed E-state index contributed by atoms with van der Waals surface area (Å²) < 4.78 is 0. The average molecular weight is 239 g/mol. The van der Waals surface area contributed by atoms with Gasteiger partial charge in [0.05, 0.1) is 0 Å². The smallest absolute Gasteiger partial charge is 0.358 e. The molecule has 1 atom stereocenters. The molecule has 6 nitrogen and oxygen atoms in total. The zero-order valence-corrected chi connectivity index (χ0v) is 9.13. The third kappa shape index (κ3) is 1.85. The van der Waals surface area contributed by atoms with E-state index in [0.717, 1.165) is 0 Å². The van der Waals surface area contributed by atoms with Crippen molar-refractivity contribution in [2.75, 3.05) is 11.4 Å². The Kier molecular flexibility index (Phi) is 2.78. The van der Waals surface area contributed by atoms with Crippen molar-refractivity contribution in [2.45, 2.75) is 11.7 Å². The lowest BCUT2D eigenvalue weighted by atomic mass is 10.3. The lowest BCUT2D eigenvalue weighted by molar-refractivity contribution is -0.388. The molecule has 1 saturated heterocycles. The minimum Gasteiger partial charge on any atom is -0.358 e. The van der Waals surface area contributed by atoms with Crippen molar-refractivity contribution in [3.05, 3.63) is 28.4 Å². The van der Waals surface area contributed by atoms with Crippen molar-refractivity contribution >= 4 is 30.0 Å². The summed E-state index contributed by atoms with van der Waals surface area (Å²) in [7, 11) is 0. The van der Waals surface area contributed by atoms with Gasteiger partial charge in [0.25, 0.3) is 0 Å². The molecule has 0 N–H and O–H groups in total. The first-order valence-electron chi connectivity index (χ1n) is 4.67. The van der Waals surface area contributed by atoms with E-state index in [-0.39, 0.29) is 22.7 Å². The van der Waals surface area contributed by atoms with Gasteiger partial charge in [-0.25, -0.2) is 0 Å². The summed E-state index contributed by atoms with van der Waals surface area (Å²) >= 11 is 4.19. The summed E-state index contributed by atoms with van der Waals surface area (Å²) in [5, 5.41) is 10.7. The van der Waals surface area contributed by atoms with Gasteiger partial charge < -0.3 is 15.0 Å². The van der Waals surface area contributed by atoms with Gasteiger partial charge in [-0.15, -0.1) is 0 Å². The number of rotatable bonds is 2. The molecule has 0 aromatic carbocycles. The van der Waals surface area contributed by atoms with Gasteiger partial charge >= 0.3 is 5.82 Å². The largest absolute Gasteiger partial charge is 0.387 e. The standard InChI is InChI=1S/C9H9N3O3S/c13-8-4-6(16)5-11(8)7-2-1-3-10-9(7)12(14)15/h1-3,6,16H,4-5H2. The zero-order chi connectivity index (χ0) is 11.7. The Bertz CT molecular complexity index is 451. The highest BCUT2D eigenvalue weighted by Gasteiger charge is 2.32. The van der Waals surface area contributed by atoms with Gasteiger partial charge in [0.15, 0.2) is 0 Å². The molecule has 84 valence electrons. The predicted octanol–water partition coefficient (Wildman–Crippen LogP) is 1.02. The summed E-state index contributed by atoms with van der Waals surface area (Å²) in [6.45, 7) is 0.383. The van der Waals surface area contributed by atoms with Gasteiger partial charge in [-0.3, -0.25) is 4.79 Å². The van der Waals surface area contributed by atoms with Crippen LogP contribution in [0.3, 0.4) is 0 Å². The monoisotopic (exact) mass is 239 g/mol. The van der Waals surface area contributed by atoms with Crippen LogP contribution in [0.5, 0.6) is 0 Å². The van der Waals surface area contributed by atoms with Crippen molar-refractivity contribution in [1.82, 2.24) is 4.98 Å². The average Bonchev–Trinajstić information content (AvgIpc) is 2.57. The molecule has 0 radical (unpaired) electrons. The Morgan fingerprint density at radius 1 is 1.62 bits per heavy atom. The van der Waals surface area contributed by atoms with Crippen molar-refractivity contribution in [1.29, 1.82) is 0 Å². The topological polar surface area (TPSA) is 76.3 Å². The number of pyridine rings is 1. The SMILES string of the molecule is O=C1CC(S)CN1c1cccnc1[N+](=O)[O-]. The van der Waals surface area contributed by atoms with E-state index in [1.54, 1.807) is 6.07 Å². The van der Waals surface area contributed by atoms with Crippen LogP contribution in [-0.4, -0.2) is 27.6 Å². The van der Waals surface area contributed by atoms with E-state index in [2.05, 4.69) is 17.6 Å². The van der Waals surface area contributed by atoms with E-state index in [4.69, 9.17) is 0 Å². The number of amides is 1. The van der Waals surface area contributed by atoms with Gasteiger partial charge in [-0.2, -0.15) is 12.6 Å². The van der Waals surface area contributed by atoms with Crippen molar-refractivity contribution < 1.29 is 9.72 Å². The minimum atomic E-state index is -0.589. The molecule has 1 aliphatic rings. The van der Waals surface area contributed by atoms with Crippen LogP contribution in [0.4, 0.5) is 11.5 Å². The highest BCUT2D eigenvalue weighted by atomic mass is 32.1. The fourth-order valence-electron chi connectivity index (χ4n) is 1.66. The summed E-state index contributed by atoms with van der Waals surface area (Å²) in [4.78, 5) is 26.8. The van der Waals surface area contributed by atoms with Crippen LogP contribution < -0.4 is 4.90 Å². The van der Waals surface area contributed by atoms with Gasteiger partial charge in [0.1, 0.15) is 11.9 Å². The Labute approximate surface area is 96.8 Å². The van der Waals surface area contributed by atoms with Crippen molar-refractivity contribution in [3.8, 4) is 0 Å². The van der Waals surface area contributed by atoms with Crippen LogP contribution >= 0.6 is 12.6 Å². The Morgan fingerprint density at radius 2 is 2.38 bits per heavy atom. The fraction of sp³-hybridized carbons (Fsp3) is 0.333. The maximum Gasteiger partial charge on any atom is 0.387 e. The molecule has 2 rings (SSSR count). The molecule has 1 aromatic heterocycles. The molecule has 1 fully saturated rings. The molecule has 0 bridgehead atoms. The van der Waals surface area contributed by atoms with Crippen LogP contribution in [0.15, 0.2) is 18.3 Å². The number of nitro groups is 1. The molecule has 7 heteroatoms. The predicted molar refractivity (Wildman–Crippen MR) is 60.6 cm³/mol. The van der Waals surface area contributed by atoms with Crippen LogP contribution in [0, 0.1) is 10.1 Å². The van der Waals surface area contributed by atoms with Crippen LogP contribution in [0.1, 0.15) is 6.42 Å². The first-order chi connectivity index (χ1) is 7.59. The van der Waals surface area contributed by atoms with Crippen LogP contribution in [0.25, 0.3) is 0 Å². The summed E-state index contributed by atoms with van der Waals surface area (Å²) in [6, 6.07) is 3.09. The maximum absolute atomic E-state index is 11.6. The Morgan fingerprint density at radius 3 is 2.94 bits per heavy atom. The highest BCUT2D eigenvalue weighted by molar-refractivity contribution is 7.81. The number of aromatic nitrogens is 1. The molecule has 16 heavy (non-hydrogen) atoms. The molecule has 1 aromatic rings. The molecule has 0 aliphatic carbocycles. The van der Waals surface area contributed by atoms with E-state index in [0.29, 0.717) is 13.0 Å². The minimum absolute atomic E-state index is 0.0766. The first-order valence-corrected chi connectivity index (χ1v) is 5.19. The Balaban J connectivity index is 2.40. The number of nitrogens with zero attached hydrogens (tertiary/aromatic N) is 3. The lowest BCUT2D eigenvalue weighted by Gasteiger charge is -2.14. The molecular weight excluding hydrogens is 230 g/mol. The fourth-order valence-corrected chi connectivity index (χ4v) is 1.98. The first kappa shape index (κ1) is 10.9. The number of hydrogen-bond donors (Lipinski definition) is 1. The van der Waals surface area contributed by atoms with Gasteiger partial charge in [0, 0.05) is 18.2 Å². The molecular formula is C9H9N3O3S. The number of thiol groups is 1. The maximum atomic E-state index is 11.6. The second kappa shape index (κ2) is 4.09. The molecule has 2 heterocycles. The van der Waals surface area contributed by atoms with E-state index < -0.39 is 4.92 Å². The van der Waals surface area contributed by atoms with E-state index in [1.165, 1.54) is 17.2 Å². The normalized spacial score (nSPS) is 20.2. The Hall–Kier alpha value is -1.63. The van der Waals surface area contributed by atoms with E-state index in [1.807, 2.05) is 0 Å². The quantitative estimate of drug-likeness (QED) is 0.475. The van der Waals surface area contributed by atoms with Crippen LogP contribution in [0.2, 0.25) is 0 Å². The number of anilines is 1. The van der Waals surface area contributed by atoms with E-state index >= 15 is 0 Å². The van der Waals surface area contributed by atoms with Crippen LogP contribution in [-0.2, 0) is 4.79 Å². The highest BCUT2D eigenvalue weighted by Crippen LogP contribution is 2.30. The van der Waals surface area contributed by atoms with E-state index in [9.17, 15) is 14.9 Å². The number of carbonyl (C=O) groups is 1. The summed E-state index contributed by atoms with van der Waals surface area (Å²) in [5.41, 5.74) is 0.244. The summed E-state index contributed by atoms with van der Waals surface area (Å²) in [5.74, 6) is -0.450. The molecule has 0 spiro atoms. The third-order valence-electron chi connectivity index (χ3n) is 2.33. The second-order valence-electron chi connectivity index (χ2n) is 3.47. The van der Waals surface area contributed by atoms with Crippen molar-refractivity contribution in [2.24, 2.45) is 0 Å².